The molecule has 0 amide bonds. The number of hydrogen-bond donors (Lipinski definition) is 1. The van der Waals surface area contributed by atoms with Crippen molar-refractivity contribution >= 4 is 22.7 Å². The standard InChI is InChI=1S/C17H25N5O2/c1-7-8-13(23-5)11(2)9-22(24-6)17-14-15(21(4)10-19-14)12(3)16(18)20-17/h8,10H,2,7,9H2,1,3-6H3,(H2,18,20)/b13-8+. The largest absolute Gasteiger partial charge is 0.497 e. The van der Waals surface area contributed by atoms with Crippen LogP contribution in [0, 0.1) is 6.92 Å². The van der Waals surface area contributed by atoms with E-state index < -0.39 is 0 Å². The van der Waals surface area contributed by atoms with E-state index in [0.29, 0.717) is 18.2 Å². The van der Waals surface area contributed by atoms with Gasteiger partial charge in [0.2, 0.25) is 0 Å². The highest BCUT2D eigenvalue weighted by Gasteiger charge is 2.20. The first-order chi connectivity index (χ1) is 11.4. The van der Waals surface area contributed by atoms with Crippen LogP contribution < -0.4 is 10.8 Å². The van der Waals surface area contributed by atoms with E-state index in [-0.39, 0.29) is 0 Å². The molecule has 0 radical (unpaired) electrons. The quantitative estimate of drug-likeness (QED) is 0.477. The lowest BCUT2D eigenvalue weighted by Crippen LogP contribution is -2.26. The normalized spacial score (nSPS) is 11.8. The smallest absolute Gasteiger partial charge is 0.183 e. The topological polar surface area (TPSA) is 78.4 Å². The third-order valence-electron chi connectivity index (χ3n) is 3.86. The Bertz CT molecular complexity index is 779. The number of pyridine rings is 1. The number of allylic oxidation sites excluding steroid dienone is 1. The van der Waals surface area contributed by atoms with E-state index in [1.165, 1.54) is 0 Å². The zero-order valence-electron chi connectivity index (χ0n) is 15.0. The summed E-state index contributed by atoms with van der Waals surface area (Å²) < 4.78 is 7.31. The first kappa shape index (κ1) is 17.8. The van der Waals surface area contributed by atoms with Gasteiger partial charge in [-0.05, 0) is 19.4 Å². The number of aryl methyl sites for hydroxylation is 2. The zero-order chi connectivity index (χ0) is 17.9. The second-order valence-corrected chi connectivity index (χ2v) is 5.50. The number of hydroxylamine groups is 1. The maximum absolute atomic E-state index is 6.08. The third kappa shape index (κ3) is 3.21. The van der Waals surface area contributed by atoms with E-state index in [9.17, 15) is 0 Å². The average molecular weight is 331 g/mol. The Kier molecular flexibility index (Phi) is 5.46. The number of aromatic nitrogens is 3. The van der Waals surface area contributed by atoms with E-state index in [1.807, 2.05) is 31.5 Å². The number of hydrogen-bond acceptors (Lipinski definition) is 6. The van der Waals surface area contributed by atoms with Crippen LogP contribution in [0.3, 0.4) is 0 Å². The lowest BCUT2D eigenvalue weighted by atomic mass is 10.2. The van der Waals surface area contributed by atoms with Gasteiger partial charge in [-0.15, -0.1) is 0 Å². The fourth-order valence-electron chi connectivity index (χ4n) is 2.62. The predicted molar refractivity (Wildman–Crippen MR) is 96.5 cm³/mol. The van der Waals surface area contributed by atoms with E-state index in [0.717, 1.165) is 34.3 Å². The van der Waals surface area contributed by atoms with Gasteiger partial charge in [0.1, 0.15) is 17.1 Å². The molecular formula is C17H25N5O2. The van der Waals surface area contributed by atoms with Crippen molar-refractivity contribution in [3.8, 4) is 0 Å². The Morgan fingerprint density at radius 1 is 1.46 bits per heavy atom. The van der Waals surface area contributed by atoms with Crippen molar-refractivity contribution in [2.24, 2.45) is 7.05 Å². The number of nitrogens with zero attached hydrogens (tertiary/aromatic N) is 4. The second-order valence-electron chi connectivity index (χ2n) is 5.50. The van der Waals surface area contributed by atoms with Crippen LogP contribution in [0.5, 0.6) is 0 Å². The number of anilines is 2. The minimum atomic E-state index is 0.386. The lowest BCUT2D eigenvalue weighted by molar-refractivity contribution is 0.170. The van der Waals surface area contributed by atoms with Crippen molar-refractivity contribution in [1.29, 1.82) is 0 Å². The molecule has 0 atom stereocenters. The Morgan fingerprint density at radius 3 is 2.75 bits per heavy atom. The molecular weight excluding hydrogens is 306 g/mol. The fraction of sp³-hybridized carbons (Fsp3) is 0.412. The molecule has 2 N–H and O–H groups in total. The molecule has 0 aliphatic rings. The van der Waals surface area contributed by atoms with Gasteiger partial charge in [-0.1, -0.05) is 13.5 Å². The number of methoxy groups -OCH3 is 1. The van der Waals surface area contributed by atoms with Gasteiger partial charge in [-0.25, -0.2) is 15.0 Å². The third-order valence-corrected chi connectivity index (χ3v) is 3.86. The molecule has 0 saturated heterocycles. The van der Waals surface area contributed by atoms with Crippen molar-refractivity contribution in [3.05, 3.63) is 35.9 Å². The Hall–Kier alpha value is -2.54. The molecule has 0 aromatic carbocycles. The van der Waals surface area contributed by atoms with Gasteiger partial charge < -0.3 is 15.0 Å². The van der Waals surface area contributed by atoms with Gasteiger partial charge in [0.05, 0.1) is 32.6 Å². The van der Waals surface area contributed by atoms with Gasteiger partial charge in [0, 0.05) is 18.2 Å². The number of imidazole rings is 1. The van der Waals surface area contributed by atoms with Crippen molar-refractivity contribution in [1.82, 2.24) is 14.5 Å². The molecule has 0 fully saturated rings. The van der Waals surface area contributed by atoms with Crippen LogP contribution in [-0.2, 0) is 16.6 Å². The summed E-state index contributed by atoms with van der Waals surface area (Å²) in [6, 6.07) is 0. The summed E-state index contributed by atoms with van der Waals surface area (Å²) in [6.07, 6.45) is 4.57. The Labute approximate surface area is 142 Å². The first-order valence-electron chi connectivity index (χ1n) is 7.75. The molecule has 2 aromatic heterocycles. The second kappa shape index (κ2) is 7.35. The van der Waals surface area contributed by atoms with E-state index in [1.54, 1.807) is 25.6 Å². The molecule has 7 heteroatoms. The molecule has 24 heavy (non-hydrogen) atoms. The van der Waals surface area contributed by atoms with Gasteiger partial charge in [-0.3, -0.25) is 4.84 Å². The van der Waals surface area contributed by atoms with Crippen LogP contribution in [-0.4, -0.2) is 35.3 Å². The molecule has 0 unspecified atom stereocenters. The minimum Gasteiger partial charge on any atom is -0.497 e. The molecule has 130 valence electrons. The van der Waals surface area contributed by atoms with Gasteiger partial charge >= 0.3 is 0 Å². The molecule has 2 rings (SSSR count). The summed E-state index contributed by atoms with van der Waals surface area (Å²) in [5.41, 5.74) is 9.42. The van der Waals surface area contributed by atoms with Crippen LogP contribution in [0.2, 0.25) is 0 Å². The predicted octanol–water partition coefficient (Wildman–Crippen LogP) is 2.72. The molecule has 2 heterocycles. The molecule has 2 aromatic rings. The number of nitrogen functional groups attached to an aromatic ring is 1. The SMILES string of the molecule is C=C(CN(OC)c1nc(N)c(C)c2c1ncn2C)/C(=C\CC)OC. The van der Waals surface area contributed by atoms with Crippen LogP contribution in [0.25, 0.3) is 11.0 Å². The van der Waals surface area contributed by atoms with Crippen molar-refractivity contribution in [3.63, 3.8) is 0 Å². The number of fused-ring (bicyclic) bond motifs is 1. The van der Waals surface area contributed by atoms with Crippen molar-refractivity contribution in [2.45, 2.75) is 20.3 Å². The van der Waals surface area contributed by atoms with Crippen LogP contribution >= 0.6 is 0 Å². The van der Waals surface area contributed by atoms with Gasteiger partial charge in [-0.2, -0.15) is 0 Å². The van der Waals surface area contributed by atoms with E-state index in [4.69, 9.17) is 15.3 Å². The molecule has 0 saturated carbocycles. The highest BCUT2D eigenvalue weighted by molar-refractivity contribution is 5.91. The van der Waals surface area contributed by atoms with Crippen LogP contribution in [0.4, 0.5) is 11.6 Å². The minimum absolute atomic E-state index is 0.386. The molecule has 7 nitrogen and oxygen atoms in total. The maximum Gasteiger partial charge on any atom is 0.183 e. The molecule has 0 spiro atoms. The Balaban J connectivity index is 2.45. The maximum atomic E-state index is 6.08. The summed E-state index contributed by atoms with van der Waals surface area (Å²) in [7, 11) is 5.13. The average Bonchev–Trinajstić information content (AvgIpc) is 2.95. The van der Waals surface area contributed by atoms with Crippen molar-refractivity contribution < 1.29 is 9.57 Å². The molecule has 0 bridgehead atoms. The molecule has 0 aliphatic carbocycles. The summed E-state index contributed by atoms with van der Waals surface area (Å²) >= 11 is 0. The lowest BCUT2D eigenvalue weighted by Gasteiger charge is -2.23. The number of ether oxygens (including phenoxy) is 1. The van der Waals surface area contributed by atoms with Crippen LogP contribution in [0.15, 0.2) is 30.3 Å². The van der Waals surface area contributed by atoms with E-state index >= 15 is 0 Å². The number of rotatable bonds is 7. The highest BCUT2D eigenvalue weighted by Crippen LogP contribution is 2.30. The summed E-state index contributed by atoms with van der Waals surface area (Å²) in [5, 5.41) is 1.62. The Morgan fingerprint density at radius 2 is 2.17 bits per heavy atom. The summed E-state index contributed by atoms with van der Waals surface area (Å²) in [4.78, 5) is 14.4. The highest BCUT2D eigenvalue weighted by atomic mass is 16.7. The first-order valence-corrected chi connectivity index (χ1v) is 7.75. The van der Waals surface area contributed by atoms with Gasteiger partial charge in [0.15, 0.2) is 5.82 Å². The fourth-order valence-corrected chi connectivity index (χ4v) is 2.62. The van der Waals surface area contributed by atoms with Gasteiger partial charge in [0.25, 0.3) is 0 Å². The van der Waals surface area contributed by atoms with Crippen LogP contribution in [0.1, 0.15) is 18.9 Å². The van der Waals surface area contributed by atoms with E-state index in [2.05, 4.69) is 16.5 Å². The summed E-state index contributed by atoms with van der Waals surface area (Å²) in [6.45, 7) is 8.44. The van der Waals surface area contributed by atoms with Crippen molar-refractivity contribution in [2.75, 3.05) is 31.6 Å². The zero-order valence-corrected chi connectivity index (χ0v) is 15.0. The summed E-state index contributed by atoms with van der Waals surface area (Å²) in [5.74, 6) is 1.74. The monoisotopic (exact) mass is 331 g/mol. The number of nitrogens with two attached hydrogens (primary N) is 1. The molecule has 0 aliphatic heterocycles.